The van der Waals surface area contributed by atoms with Gasteiger partial charge in [0.05, 0.1) is 0 Å². The standard InChI is InChI=1S/C12H23N3O4/c1-6-14(5)11(18)9(4)13-12(19)15(8(2)3)7-10(16)17/h8-9H,6-7H2,1-5H3,(H,13,19)(H,16,17). The summed E-state index contributed by atoms with van der Waals surface area (Å²) >= 11 is 0. The number of nitrogens with zero attached hydrogens (tertiary/aromatic N) is 2. The first kappa shape index (κ1) is 17.2. The average Bonchev–Trinajstić information content (AvgIpc) is 2.32. The van der Waals surface area contributed by atoms with Crippen LogP contribution < -0.4 is 5.32 Å². The van der Waals surface area contributed by atoms with Gasteiger partial charge in [-0.3, -0.25) is 9.59 Å². The maximum Gasteiger partial charge on any atom is 0.323 e. The molecule has 7 nitrogen and oxygen atoms in total. The van der Waals surface area contributed by atoms with E-state index in [4.69, 9.17) is 5.11 Å². The van der Waals surface area contributed by atoms with Crippen molar-refractivity contribution in [3.8, 4) is 0 Å². The Morgan fingerprint density at radius 2 is 1.74 bits per heavy atom. The van der Waals surface area contributed by atoms with Gasteiger partial charge in [-0.1, -0.05) is 0 Å². The van der Waals surface area contributed by atoms with Crippen molar-refractivity contribution in [2.45, 2.75) is 39.8 Å². The van der Waals surface area contributed by atoms with Crippen molar-refractivity contribution >= 4 is 17.9 Å². The second kappa shape index (κ2) is 7.60. The van der Waals surface area contributed by atoms with Gasteiger partial charge in [-0.25, -0.2) is 4.79 Å². The molecule has 3 amide bonds. The third kappa shape index (κ3) is 5.58. The molecule has 1 unspecified atom stereocenters. The van der Waals surface area contributed by atoms with Gasteiger partial charge in [-0.05, 0) is 27.7 Å². The van der Waals surface area contributed by atoms with E-state index in [1.165, 1.54) is 4.90 Å². The summed E-state index contributed by atoms with van der Waals surface area (Å²) in [7, 11) is 1.64. The predicted octanol–water partition coefficient (Wildman–Crippen LogP) is 0.358. The summed E-state index contributed by atoms with van der Waals surface area (Å²) in [6.45, 7) is 6.99. The Morgan fingerprint density at radius 3 is 2.11 bits per heavy atom. The van der Waals surface area contributed by atoms with Crippen molar-refractivity contribution < 1.29 is 19.5 Å². The van der Waals surface area contributed by atoms with E-state index in [1.54, 1.807) is 27.8 Å². The summed E-state index contributed by atoms with van der Waals surface area (Å²) in [5.41, 5.74) is 0. The zero-order chi connectivity index (χ0) is 15.2. The number of hydrogen-bond donors (Lipinski definition) is 2. The fourth-order valence-electron chi connectivity index (χ4n) is 1.45. The highest BCUT2D eigenvalue weighted by Gasteiger charge is 2.24. The lowest BCUT2D eigenvalue weighted by Gasteiger charge is -2.28. The molecule has 0 aliphatic heterocycles. The maximum absolute atomic E-state index is 11.9. The van der Waals surface area contributed by atoms with Gasteiger partial charge in [0.1, 0.15) is 12.6 Å². The van der Waals surface area contributed by atoms with Crippen LogP contribution in [0.1, 0.15) is 27.7 Å². The fraction of sp³-hybridized carbons (Fsp3) is 0.750. The van der Waals surface area contributed by atoms with Crippen molar-refractivity contribution in [2.24, 2.45) is 0 Å². The molecule has 2 N–H and O–H groups in total. The highest BCUT2D eigenvalue weighted by atomic mass is 16.4. The smallest absolute Gasteiger partial charge is 0.323 e. The molecule has 19 heavy (non-hydrogen) atoms. The van der Waals surface area contributed by atoms with Crippen LogP contribution in [0.2, 0.25) is 0 Å². The monoisotopic (exact) mass is 273 g/mol. The van der Waals surface area contributed by atoms with Crippen LogP contribution in [0.15, 0.2) is 0 Å². The van der Waals surface area contributed by atoms with Gasteiger partial charge >= 0.3 is 12.0 Å². The molecule has 0 rings (SSSR count). The number of rotatable bonds is 6. The van der Waals surface area contributed by atoms with Crippen LogP contribution in [0, 0.1) is 0 Å². The normalized spacial score (nSPS) is 11.9. The van der Waals surface area contributed by atoms with Crippen molar-refractivity contribution in [1.29, 1.82) is 0 Å². The van der Waals surface area contributed by atoms with E-state index in [0.29, 0.717) is 6.54 Å². The van der Waals surface area contributed by atoms with E-state index in [9.17, 15) is 14.4 Å². The molecule has 0 aliphatic carbocycles. The number of carbonyl (C=O) groups is 3. The number of urea groups is 1. The number of nitrogens with one attached hydrogen (secondary N) is 1. The quantitative estimate of drug-likeness (QED) is 0.731. The molecule has 7 heteroatoms. The van der Waals surface area contributed by atoms with E-state index < -0.39 is 24.6 Å². The second-order valence-electron chi connectivity index (χ2n) is 4.64. The maximum atomic E-state index is 11.9. The van der Waals surface area contributed by atoms with Gasteiger partial charge in [-0.15, -0.1) is 0 Å². The molecule has 0 heterocycles. The molecule has 0 aromatic rings. The minimum atomic E-state index is -1.09. The van der Waals surface area contributed by atoms with Crippen LogP contribution >= 0.6 is 0 Å². The van der Waals surface area contributed by atoms with Crippen LogP contribution in [-0.4, -0.2) is 65.0 Å². The first-order valence-corrected chi connectivity index (χ1v) is 6.24. The SMILES string of the molecule is CCN(C)C(=O)C(C)NC(=O)N(CC(=O)O)C(C)C. The molecule has 0 aromatic heterocycles. The molecule has 0 fully saturated rings. The summed E-state index contributed by atoms with van der Waals surface area (Å²) in [4.78, 5) is 37.1. The summed E-state index contributed by atoms with van der Waals surface area (Å²) in [6.07, 6.45) is 0. The van der Waals surface area contributed by atoms with Gasteiger partial charge in [0.25, 0.3) is 0 Å². The third-order valence-electron chi connectivity index (χ3n) is 2.75. The van der Waals surface area contributed by atoms with Crippen molar-refractivity contribution in [3.63, 3.8) is 0 Å². The lowest BCUT2D eigenvalue weighted by Crippen LogP contribution is -2.52. The zero-order valence-electron chi connectivity index (χ0n) is 12.1. The highest BCUT2D eigenvalue weighted by molar-refractivity contribution is 5.87. The summed E-state index contributed by atoms with van der Waals surface area (Å²) in [5, 5.41) is 11.3. The minimum absolute atomic E-state index is 0.213. The number of likely N-dealkylation sites (N-methyl/N-ethyl adjacent to an activating group) is 1. The molecule has 0 aliphatic rings. The number of amides is 3. The van der Waals surface area contributed by atoms with Crippen LogP contribution in [0.3, 0.4) is 0 Å². The lowest BCUT2D eigenvalue weighted by molar-refractivity contribution is -0.138. The number of carboxylic acids is 1. The Kier molecular flexibility index (Phi) is 6.89. The zero-order valence-corrected chi connectivity index (χ0v) is 12.1. The molecule has 0 radical (unpaired) electrons. The topological polar surface area (TPSA) is 90.0 Å². The van der Waals surface area contributed by atoms with Gasteiger partial charge in [0.15, 0.2) is 0 Å². The number of aliphatic carboxylic acids is 1. The average molecular weight is 273 g/mol. The third-order valence-corrected chi connectivity index (χ3v) is 2.75. The van der Waals surface area contributed by atoms with E-state index in [0.717, 1.165) is 4.90 Å². The van der Waals surface area contributed by atoms with E-state index in [-0.39, 0.29) is 11.9 Å². The molecule has 0 spiro atoms. The van der Waals surface area contributed by atoms with E-state index in [1.807, 2.05) is 6.92 Å². The highest BCUT2D eigenvalue weighted by Crippen LogP contribution is 2.00. The number of hydrogen-bond acceptors (Lipinski definition) is 3. The summed E-state index contributed by atoms with van der Waals surface area (Å²) in [5.74, 6) is -1.30. The van der Waals surface area contributed by atoms with Crippen LogP contribution in [-0.2, 0) is 9.59 Å². The number of carbonyl (C=O) groups excluding carboxylic acids is 2. The Labute approximate surface area is 113 Å². The van der Waals surface area contributed by atoms with Gasteiger partial charge in [0.2, 0.25) is 5.91 Å². The molecule has 110 valence electrons. The van der Waals surface area contributed by atoms with E-state index in [2.05, 4.69) is 5.32 Å². The van der Waals surface area contributed by atoms with Gasteiger partial charge in [0, 0.05) is 19.6 Å². The molecule has 1 atom stereocenters. The summed E-state index contributed by atoms with van der Waals surface area (Å²) < 4.78 is 0. The lowest BCUT2D eigenvalue weighted by atomic mass is 10.3. The molecule has 0 bridgehead atoms. The van der Waals surface area contributed by atoms with Crippen molar-refractivity contribution in [2.75, 3.05) is 20.1 Å². The van der Waals surface area contributed by atoms with Crippen LogP contribution in [0.5, 0.6) is 0 Å². The summed E-state index contributed by atoms with van der Waals surface area (Å²) in [6, 6.07) is -1.50. The van der Waals surface area contributed by atoms with E-state index >= 15 is 0 Å². The van der Waals surface area contributed by atoms with Gasteiger partial charge < -0.3 is 20.2 Å². The van der Waals surface area contributed by atoms with Crippen LogP contribution in [0.25, 0.3) is 0 Å². The van der Waals surface area contributed by atoms with Crippen molar-refractivity contribution in [3.05, 3.63) is 0 Å². The molecule has 0 aromatic carbocycles. The Morgan fingerprint density at radius 1 is 1.21 bits per heavy atom. The Balaban J connectivity index is 4.63. The fourth-order valence-corrected chi connectivity index (χ4v) is 1.45. The number of carboxylic acid groups (broad SMARTS) is 1. The second-order valence-corrected chi connectivity index (χ2v) is 4.64. The minimum Gasteiger partial charge on any atom is -0.480 e. The molecular formula is C12H23N3O4. The Bertz CT molecular complexity index is 344. The molecular weight excluding hydrogens is 250 g/mol. The van der Waals surface area contributed by atoms with Crippen LogP contribution in [0.4, 0.5) is 4.79 Å². The first-order chi connectivity index (χ1) is 8.70. The first-order valence-electron chi connectivity index (χ1n) is 6.24. The van der Waals surface area contributed by atoms with Gasteiger partial charge in [-0.2, -0.15) is 0 Å². The predicted molar refractivity (Wildman–Crippen MR) is 70.8 cm³/mol. The van der Waals surface area contributed by atoms with Crippen molar-refractivity contribution in [1.82, 2.24) is 15.1 Å². The Hall–Kier alpha value is -1.79. The largest absolute Gasteiger partial charge is 0.480 e. The molecule has 0 saturated heterocycles. The molecule has 0 saturated carbocycles.